The first-order chi connectivity index (χ1) is 19.3. The summed E-state index contributed by atoms with van der Waals surface area (Å²) in [6, 6.07) is 19.6. The number of hydrogen-bond acceptors (Lipinski definition) is 6. The number of rotatable bonds is 7. The van der Waals surface area contributed by atoms with Crippen LogP contribution in [-0.4, -0.2) is 17.1 Å². The summed E-state index contributed by atoms with van der Waals surface area (Å²) in [7, 11) is 0. The molecule has 1 aliphatic rings. The highest BCUT2D eigenvalue weighted by atomic mass is 79.9. The van der Waals surface area contributed by atoms with E-state index in [0.717, 1.165) is 5.56 Å². The van der Waals surface area contributed by atoms with Gasteiger partial charge >= 0.3 is 5.97 Å². The molecule has 0 spiro atoms. The Morgan fingerprint density at radius 3 is 2.58 bits per heavy atom. The number of carbonyl (C=O) groups excluding carboxylic acids is 1. The fourth-order valence-electron chi connectivity index (χ4n) is 4.49. The molecule has 2 heterocycles. The normalized spacial score (nSPS) is 15.0. The fourth-order valence-corrected chi connectivity index (χ4v) is 6.72. The molecular formula is C30H23BrCl2N2O4S. The van der Waals surface area contributed by atoms with E-state index >= 15 is 0 Å². The third-order valence-corrected chi connectivity index (χ3v) is 8.40. The van der Waals surface area contributed by atoms with Crippen LogP contribution < -0.4 is 19.6 Å². The molecule has 1 atom stereocenters. The minimum atomic E-state index is -0.800. The minimum Gasteiger partial charge on any atom is -0.487 e. The van der Waals surface area contributed by atoms with Crippen LogP contribution in [0.1, 0.15) is 36.6 Å². The van der Waals surface area contributed by atoms with Gasteiger partial charge in [-0.15, -0.1) is 0 Å². The van der Waals surface area contributed by atoms with E-state index in [4.69, 9.17) is 32.7 Å². The van der Waals surface area contributed by atoms with Crippen molar-refractivity contribution in [2.24, 2.45) is 4.99 Å². The van der Waals surface area contributed by atoms with E-state index in [9.17, 15) is 9.59 Å². The van der Waals surface area contributed by atoms with Crippen molar-refractivity contribution < 1.29 is 14.3 Å². The molecule has 0 aliphatic carbocycles. The van der Waals surface area contributed by atoms with Crippen molar-refractivity contribution in [3.63, 3.8) is 0 Å². The van der Waals surface area contributed by atoms with E-state index in [0.29, 0.717) is 53.0 Å². The Morgan fingerprint density at radius 1 is 1.12 bits per heavy atom. The zero-order valence-corrected chi connectivity index (χ0v) is 25.4. The number of fused-ring (bicyclic) bond motifs is 1. The van der Waals surface area contributed by atoms with Crippen LogP contribution in [0.3, 0.4) is 0 Å². The average molecular weight is 658 g/mol. The third-order valence-electron chi connectivity index (χ3n) is 6.27. The predicted molar refractivity (Wildman–Crippen MR) is 162 cm³/mol. The Hall–Kier alpha value is -3.17. The van der Waals surface area contributed by atoms with Crippen LogP contribution in [0, 0.1) is 0 Å². The number of carbonyl (C=O) groups is 1. The maximum absolute atomic E-state index is 14.0. The molecule has 1 aromatic heterocycles. The number of benzene rings is 3. The first kappa shape index (κ1) is 28.4. The van der Waals surface area contributed by atoms with Crippen LogP contribution in [0.25, 0.3) is 6.08 Å². The van der Waals surface area contributed by atoms with Crippen LogP contribution in [0.2, 0.25) is 10.0 Å². The van der Waals surface area contributed by atoms with E-state index < -0.39 is 12.0 Å². The van der Waals surface area contributed by atoms with Gasteiger partial charge in [-0.2, -0.15) is 0 Å². The smallest absolute Gasteiger partial charge is 0.338 e. The van der Waals surface area contributed by atoms with Crippen LogP contribution >= 0.6 is 50.5 Å². The van der Waals surface area contributed by atoms with Crippen molar-refractivity contribution in [3.05, 3.63) is 129 Å². The summed E-state index contributed by atoms with van der Waals surface area (Å²) in [6.45, 7) is 3.98. The minimum absolute atomic E-state index is 0.185. The van der Waals surface area contributed by atoms with E-state index in [1.54, 1.807) is 50.3 Å². The Balaban J connectivity index is 1.67. The number of ether oxygens (including phenoxy) is 2. The largest absolute Gasteiger partial charge is 0.487 e. The van der Waals surface area contributed by atoms with Crippen LogP contribution in [0.5, 0.6) is 5.75 Å². The lowest BCUT2D eigenvalue weighted by Gasteiger charge is -2.25. The molecule has 4 aromatic rings. The van der Waals surface area contributed by atoms with E-state index in [2.05, 4.69) is 20.9 Å². The van der Waals surface area contributed by atoms with Crippen molar-refractivity contribution in [1.82, 2.24) is 4.57 Å². The standard InChI is InChI=1S/C30H23BrCl2N2O4S/c1-3-38-29(37)25-17(2)34-30-35(26(25)21-11-7-8-12-23(21)33)28(36)24(40-30)14-19-13-20(32)15-22(31)27(19)39-16-18-9-5-4-6-10-18/h4-15,26H,3,16H2,1-2H3/b24-14-/t26-/m0/s1. The van der Waals surface area contributed by atoms with Crippen molar-refractivity contribution in [1.29, 1.82) is 0 Å². The maximum Gasteiger partial charge on any atom is 0.338 e. The third kappa shape index (κ3) is 5.67. The van der Waals surface area contributed by atoms with Gasteiger partial charge < -0.3 is 9.47 Å². The van der Waals surface area contributed by atoms with Gasteiger partial charge in [0.1, 0.15) is 18.4 Å². The first-order valence-electron chi connectivity index (χ1n) is 12.4. The summed E-state index contributed by atoms with van der Waals surface area (Å²) in [5, 5.41) is 0.904. The zero-order chi connectivity index (χ0) is 28.4. The number of esters is 1. The average Bonchev–Trinajstić information content (AvgIpc) is 3.22. The second kappa shape index (κ2) is 12.1. The molecule has 0 amide bonds. The van der Waals surface area contributed by atoms with E-state index in [1.165, 1.54) is 15.9 Å². The van der Waals surface area contributed by atoms with Gasteiger partial charge in [-0.25, -0.2) is 9.79 Å². The van der Waals surface area contributed by atoms with Crippen LogP contribution in [0.15, 0.2) is 92.3 Å². The lowest BCUT2D eigenvalue weighted by Crippen LogP contribution is -2.40. The second-order valence-electron chi connectivity index (χ2n) is 8.90. The van der Waals surface area contributed by atoms with Gasteiger partial charge in [-0.1, -0.05) is 83.1 Å². The zero-order valence-electron chi connectivity index (χ0n) is 21.5. The number of allylic oxidation sites excluding steroid dienone is 1. The lowest BCUT2D eigenvalue weighted by atomic mass is 9.96. The monoisotopic (exact) mass is 656 g/mol. The molecule has 0 saturated carbocycles. The van der Waals surface area contributed by atoms with Crippen LogP contribution in [-0.2, 0) is 16.1 Å². The molecule has 0 radical (unpaired) electrons. The SMILES string of the molecule is CCOC(=O)C1=C(C)N=c2s/c(=C\c3cc(Cl)cc(Br)c3OCc3ccccc3)c(=O)n2[C@H]1c1ccccc1Cl. The Kier molecular flexibility index (Phi) is 8.61. The molecule has 0 N–H and O–H groups in total. The summed E-state index contributed by atoms with van der Waals surface area (Å²) < 4.78 is 14.1. The van der Waals surface area contributed by atoms with Gasteiger partial charge in [-0.05, 0) is 65.2 Å². The highest BCUT2D eigenvalue weighted by Gasteiger charge is 2.34. The Morgan fingerprint density at radius 2 is 1.85 bits per heavy atom. The quantitative estimate of drug-likeness (QED) is 0.214. The summed E-state index contributed by atoms with van der Waals surface area (Å²) in [5.74, 6) is 0.00320. The molecule has 0 fully saturated rings. The van der Waals surface area contributed by atoms with Crippen molar-refractivity contribution in [3.8, 4) is 5.75 Å². The van der Waals surface area contributed by atoms with Gasteiger partial charge in [0.05, 0.1) is 26.9 Å². The lowest BCUT2D eigenvalue weighted by molar-refractivity contribution is -0.139. The van der Waals surface area contributed by atoms with Crippen LogP contribution in [0.4, 0.5) is 0 Å². The molecule has 204 valence electrons. The Labute approximate surface area is 252 Å². The molecular weight excluding hydrogens is 635 g/mol. The number of thiazole rings is 1. The molecule has 0 saturated heterocycles. The van der Waals surface area contributed by atoms with Crippen molar-refractivity contribution in [2.75, 3.05) is 6.61 Å². The van der Waals surface area contributed by atoms with E-state index in [-0.39, 0.29) is 17.7 Å². The molecule has 1 aliphatic heterocycles. The van der Waals surface area contributed by atoms with Gasteiger partial charge in [0.15, 0.2) is 4.80 Å². The number of aromatic nitrogens is 1. The van der Waals surface area contributed by atoms with Crippen molar-refractivity contribution >= 4 is 62.5 Å². The summed E-state index contributed by atoms with van der Waals surface area (Å²) in [5.41, 5.74) is 2.63. The highest BCUT2D eigenvalue weighted by molar-refractivity contribution is 9.10. The van der Waals surface area contributed by atoms with Crippen molar-refractivity contribution in [2.45, 2.75) is 26.5 Å². The molecule has 10 heteroatoms. The number of hydrogen-bond donors (Lipinski definition) is 0. The molecule has 5 rings (SSSR count). The number of nitrogens with zero attached hydrogens (tertiary/aromatic N) is 2. The first-order valence-corrected chi connectivity index (χ1v) is 14.7. The molecule has 40 heavy (non-hydrogen) atoms. The fraction of sp³-hybridized carbons (Fsp3) is 0.167. The number of halogens is 3. The summed E-state index contributed by atoms with van der Waals surface area (Å²) in [6.07, 6.45) is 1.73. The Bertz CT molecular complexity index is 1820. The predicted octanol–water partition coefficient (Wildman–Crippen LogP) is 6.45. The van der Waals surface area contributed by atoms with Gasteiger partial charge in [0.25, 0.3) is 5.56 Å². The van der Waals surface area contributed by atoms with Gasteiger partial charge in [-0.3, -0.25) is 9.36 Å². The summed E-state index contributed by atoms with van der Waals surface area (Å²) in [4.78, 5) is 32.1. The topological polar surface area (TPSA) is 69.9 Å². The van der Waals surface area contributed by atoms with Gasteiger partial charge in [0, 0.05) is 15.6 Å². The van der Waals surface area contributed by atoms with E-state index in [1.807, 2.05) is 36.4 Å². The highest BCUT2D eigenvalue weighted by Crippen LogP contribution is 2.35. The van der Waals surface area contributed by atoms with Gasteiger partial charge in [0.2, 0.25) is 0 Å². The second-order valence-corrected chi connectivity index (χ2v) is 11.6. The molecule has 3 aromatic carbocycles. The molecule has 0 unspecified atom stereocenters. The molecule has 0 bridgehead atoms. The molecule has 6 nitrogen and oxygen atoms in total. The maximum atomic E-state index is 14.0. The summed E-state index contributed by atoms with van der Waals surface area (Å²) >= 11 is 17.7.